The average Bonchev–Trinajstić information content (AvgIpc) is 3.61. The Balaban J connectivity index is 1.57. The standard InChI is InChI=1S/C25H27N3O4S/c29-22(16-26-24(30)20-12-6-14-32-20)28(17-18-8-2-1-3-9-18)23(21-13-7-15-33-21)25(31)27-19-10-4-5-11-19/h1-3,6-9,12-15,19,23H,4-5,10-11,16-17H2,(H,26,30)(H,27,31)/t23-/m1/s1. The summed E-state index contributed by atoms with van der Waals surface area (Å²) in [5.41, 5.74) is 0.901. The molecule has 1 aromatic carbocycles. The molecule has 33 heavy (non-hydrogen) atoms. The minimum absolute atomic E-state index is 0.131. The van der Waals surface area contributed by atoms with Gasteiger partial charge >= 0.3 is 0 Å². The summed E-state index contributed by atoms with van der Waals surface area (Å²) in [6, 6.07) is 15.8. The molecule has 0 unspecified atom stereocenters. The maximum atomic E-state index is 13.5. The smallest absolute Gasteiger partial charge is 0.287 e. The zero-order chi connectivity index (χ0) is 23.0. The first-order valence-electron chi connectivity index (χ1n) is 11.1. The Morgan fingerprint density at radius 1 is 1.03 bits per heavy atom. The van der Waals surface area contributed by atoms with Crippen molar-refractivity contribution < 1.29 is 18.8 Å². The first-order chi connectivity index (χ1) is 16.1. The van der Waals surface area contributed by atoms with E-state index in [1.54, 1.807) is 11.0 Å². The fourth-order valence-corrected chi connectivity index (χ4v) is 4.91. The van der Waals surface area contributed by atoms with Gasteiger partial charge in [0, 0.05) is 17.5 Å². The molecule has 172 valence electrons. The van der Waals surface area contributed by atoms with Crippen molar-refractivity contribution in [3.05, 3.63) is 82.4 Å². The minimum atomic E-state index is -0.779. The van der Waals surface area contributed by atoms with E-state index < -0.39 is 11.9 Å². The van der Waals surface area contributed by atoms with Crippen LogP contribution in [0.1, 0.15) is 52.7 Å². The lowest BCUT2D eigenvalue weighted by Crippen LogP contribution is -2.48. The van der Waals surface area contributed by atoms with Crippen LogP contribution in [-0.2, 0) is 16.1 Å². The zero-order valence-electron chi connectivity index (χ0n) is 18.2. The van der Waals surface area contributed by atoms with Gasteiger partial charge in [0.25, 0.3) is 5.91 Å². The van der Waals surface area contributed by atoms with Crippen molar-refractivity contribution in [2.75, 3.05) is 6.54 Å². The molecule has 0 radical (unpaired) electrons. The van der Waals surface area contributed by atoms with E-state index in [-0.39, 0.29) is 36.7 Å². The summed E-state index contributed by atoms with van der Waals surface area (Å²) in [7, 11) is 0. The number of benzene rings is 1. The van der Waals surface area contributed by atoms with E-state index in [0.29, 0.717) is 0 Å². The van der Waals surface area contributed by atoms with Crippen molar-refractivity contribution in [2.24, 2.45) is 0 Å². The first kappa shape index (κ1) is 22.8. The van der Waals surface area contributed by atoms with Gasteiger partial charge in [-0.3, -0.25) is 14.4 Å². The molecule has 1 aliphatic rings. The quantitative estimate of drug-likeness (QED) is 0.501. The van der Waals surface area contributed by atoms with E-state index in [0.717, 1.165) is 36.1 Å². The van der Waals surface area contributed by atoms with Gasteiger partial charge in [0.15, 0.2) is 5.76 Å². The van der Waals surface area contributed by atoms with Crippen LogP contribution < -0.4 is 10.6 Å². The summed E-state index contributed by atoms with van der Waals surface area (Å²) in [4.78, 5) is 41.5. The maximum absolute atomic E-state index is 13.5. The summed E-state index contributed by atoms with van der Waals surface area (Å²) in [5, 5.41) is 7.66. The van der Waals surface area contributed by atoms with Crippen LogP contribution in [0.25, 0.3) is 0 Å². The Labute approximate surface area is 196 Å². The van der Waals surface area contributed by atoms with Crippen molar-refractivity contribution in [1.29, 1.82) is 0 Å². The summed E-state index contributed by atoms with van der Waals surface area (Å²) >= 11 is 1.44. The predicted molar refractivity (Wildman–Crippen MR) is 125 cm³/mol. The Kier molecular flexibility index (Phi) is 7.57. The summed E-state index contributed by atoms with van der Waals surface area (Å²) in [6.07, 6.45) is 5.50. The van der Waals surface area contributed by atoms with Crippen LogP contribution in [0.2, 0.25) is 0 Å². The van der Waals surface area contributed by atoms with Gasteiger partial charge < -0.3 is 20.0 Å². The van der Waals surface area contributed by atoms with Crippen molar-refractivity contribution in [3.63, 3.8) is 0 Å². The number of carbonyl (C=O) groups excluding carboxylic acids is 3. The fourth-order valence-electron chi connectivity index (χ4n) is 4.08. The lowest BCUT2D eigenvalue weighted by molar-refractivity contribution is -0.141. The second-order valence-electron chi connectivity index (χ2n) is 8.08. The maximum Gasteiger partial charge on any atom is 0.287 e. The number of thiophene rings is 1. The monoisotopic (exact) mass is 465 g/mol. The Hall–Kier alpha value is -3.39. The topological polar surface area (TPSA) is 91.7 Å². The Morgan fingerprint density at radius 3 is 2.48 bits per heavy atom. The number of hydrogen-bond acceptors (Lipinski definition) is 5. The molecule has 2 N–H and O–H groups in total. The molecule has 1 aliphatic carbocycles. The van der Waals surface area contributed by atoms with Gasteiger partial charge in [-0.1, -0.05) is 49.2 Å². The minimum Gasteiger partial charge on any atom is -0.459 e. The molecule has 1 atom stereocenters. The largest absolute Gasteiger partial charge is 0.459 e. The van der Waals surface area contributed by atoms with E-state index in [2.05, 4.69) is 10.6 Å². The molecule has 0 saturated heterocycles. The number of nitrogens with one attached hydrogen (secondary N) is 2. The number of rotatable bonds is 9. The second-order valence-corrected chi connectivity index (χ2v) is 9.05. The third-order valence-corrected chi connectivity index (χ3v) is 6.66. The van der Waals surface area contributed by atoms with Crippen molar-refractivity contribution in [2.45, 2.75) is 44.3 Å². The van der Waals surface area contributed by atoms with Gasteiger partial charge in [-0.15, -0.1) is 11.3 Å². The summed E-state index contributed by atoms with van der Waals surface area (Å²) in [6.45, 7) is 0.00188. The highest BCUT2D eigenvalue weighted by Crippen LogP contribution is 2.29. The molecule has 0 aliphatic heterocycles. The van der Waals surface area contributed by atoms with Gasteiger partial charge in [-0.25, -0.2) is 0 Å². The highest BCUT2D eigenvalue weighted by molar-refractivity contribution is 7.10. The van der Waals surface area contributed by atoms with E-state index in [4.69, 9.17) is 4.42 Å². The number of hydrogen-bond donors (Lipinski definition) is 2. The highest BCUT2D eigenvalue weighted by Gasteiger charge is 2.34. The summed E-state index contributed by atoms with van der Waals surface area (Å²) in [5.74, 6) is -0.882. The number of amides is 3. The molecule has 7 nitrogen and oxygen atoms in total. The normalized spacial score (nSPS) is 14.5. The number of nitrogens with zero attached hydrogens (tertiary/aromatic N) is 1. The predicted octanol–water partition coefficient (Wildman–Crippen LogP) is 3.90. The number of furan rings is 1. The second kappa shape index (κ2) is 11.0. The van der Waals surface area contributed by atoms with Gasteiger partial charge in [-0.05, 0) is 42.0 Å². The molecular formula is C25H27N3O4S. The third-order valence-electron chi connectivity index (χ3n) is 5.74. The molecular weight excluding hydrogens is 438 g/mol. The Bertz CT molecular complexity index is 1040. The molecule has 4 rings (SSSR count). The Morgan fingerprint density at radius 2 is 1.82 bits per heavy atom. The van der Waals surface area contributed by atoms with Crippen LogP contribution in [0.5, 0.6) is 0 Å². The molecule has 0 bridgehead atoms. The van der Waals surface area contributed by atoms with Gasteiger partial charge in [-0.2, -0.15) is 0 Å². The molecule has 1 fully saturated rings. The highest BCUT2D eigenvalue weighted by atomic mass is 32.1. The molecule has 8 heteroatoms. The van der Waals surface area contributed by atoms with Crippen molar-refractivity contribution >= 4 is 29.1 Å². The average molecular weight is 466 g/mol. The molecule has 0 spiro atoms. The third kappa shape index (κ3) is 5.90. The lowest BCUT2D eigenvalue weighted by atomic mass is 10.1. The summed E-state index contributed by atoms with van der Waals surface area (Å²) < 4.78 is 5.10. The van der Waals surface area contributed by atoms with Crippen LogP contribution in [0.3, 0.4) is 0 Å². The van der Waals surface area contributed by atoms with Crippen LogP contribution >= 0.6 is 11.3 Å². The molecule has 2 aromatic heterocycles. The van der Waals surface area contributed by atoms with E-state index >= 15 is 0 Å². The van der Waals surface area contributed by atoms with Crippen LogP contribution in [0.15, 0.2) is 70.7 Å². The zero-order valence-corrected chi connectivity index (χ0v) is 19.1. The van der Waals surface area contributed by atoms with Crippen molar-refractivity contribution in [3.8, 4) is 0 Å². The van der Waals surface area contributed by atoms with Gasteiger partial charge in [0.05, 0.1) is 12.8 Å². The van der Waals surface area contributed by atoms with Crippen LogP contribution in [-0.4, -0.2) is 35.2 Å². The van der Waals surface area contributed by atoms with Gasteiger partial charge in [0.2, 0.25) is 11.8 Å². The SMILES string of the molecule is O=C(NCC(=O)N(Cc1ccccc1)[C@@H](C(=O)NC1CCCC1)c1cccs1)c1ccco1. The molecule has 1 saturated carbocycles. The molecule has 3 amide bonds. The van der Waals surface area contributed by atoms with E-state index in [9.17, 15) is 14.4 Å². The number of carbonyl (C=O) groups is 3. The first-order valence-corrected chi connectivity index (χ1v) is 12.0. The fraction of sp³-hybridized carbons (Fsp3) is 0.320. The van der Waals surface area contributed by atoms with Crippen LogP contribution in [0, 0.1) is 0 Å². The van der Waals surface area contributed by atoms with Crippen LogP contribution in [0.4, 0.5) is 0 Å². The van der Waals surface area contributed by atoms with E-state index in [1.165, 1.54) is 23.7 Å². The molecule has 2 heterocycles. The van der Waals surface area contributed by atoms with Crippen molar-refractivity contribution in [1.82, 2.24) is 15.5 Å². The molecule has 3 aromatic rings. The van der Waals surface area contributed by atoms with Gasteiger partial charge in [0.1, 0.15) is 6.04 Å². The lowest BCUT2D eigenvalue weighted by Gasteiger charge is -2.31. The van der Waals surface area contributed by atoms with E-state index in [1.807, 2.05) is 47.8 Å².